The molecule has 47 heavy (non-hydrogen) atoms. The number of rotatable bonds is 11. The third-order valence-electron chi connectivity index (χ3n) is 9.00. The van der Waals surface area contributed by atoms with Gasteiger partial charge in [-0.05, 0) is 73.6 Å². The first-order valence-electron chi connectivity index (χ1n) is 16.3. The van der Waals surface area contributed by atoms with Crippen LogP contribution in [-0.2, 0) is 22.6 Å². The Morgan fingerprint density at radius 3 is 2.30 bits per heavy atom. The summed E-state index contributed by atoms with van der Waals surface area (Å²) in [7, 11) is 1.68. The van der Waals surface area contributed by atoms with Gasteiger partial charge in [0.2, 0.25) is 0 Å². The fraction of sp³-hybridized carbons (Fsp3) is 0.378. The van der Waals surface area contributed by atoms with E-state index in [0.717, 1.165) is 91.2 Å². The Morgan fingerprint density at radius 2 is 1.62 bits per heavy atom. The molecule has 0 atom stereocenters. The van der Waals surface area contributed by atoms with E-state index in [1.54, 1.807) is 25.6 Å². The van der Waals surface area contributed by atoms with Crippen molar-refractivity contribution in [2.24, 2.45) is 0 Å². The van der Waals surface area contributed by atoms with E-state index in [1.807, 2.05) is 49.4 Å². The van der Waals surface area contributed by atoms with Gasteiger partial charge in [0.25, 0.3) is 5.91 Å². The predicted octanol–water partition coefficient (Wildman–Crippen LogP) is 6.57. The highest BCUT2D eigenvalue weighted by molar-refractivity contribution is 6.35. The maximum absolute atomic E-state index is 13.2. The smallest absolute Gasteiger partial charge is 0.274 e. The van der Waals surface area contributed by atoms with E-state index in [0.29, 0.717) is 47.3 Å². The van der Waals surface area contributed by atoms with E-state index in [2.05, 4.69) is 32.0 Å². The van der Waals surface area contributed by atoms with Crippen LogP contribution < -0.4 is 20.7 Å². The van der Waals surface area contributed by atoms with Crippen molar-refractivity contribution in [2.75, 3.05) is 38.9 Å². The zero-order chi connectivity index (χ0) is 32.6. The fourth-order valence-corrected chi connectivity index (χ4v) is 6.45. The van der Waals surface area contributed by atoms with E-state index < -0.39 is 0 Å². The maximum atomic E-state index is 13.2. The summed E-state index contributed by atoms with van der Waals surface area (Å²) in [5.41, 5.74) is 7.31. The predicted molar refractivity (Wildman–Crippen MR) is 185 cm³/mol. The molecule has 2 aliphatic heterocycles. The van der Waals surface area contributed by atoms with Crippen molar-refractivity contribution in [2.45, 2.75) is 57.8 Å². The molecule has 3 N–H and O–H groups in total. The third-order valence-corrected chi connectivity index (χ3v) is 9.38. The quantitative estimate of drug-likeness (QED) is 0.167. The number of hydrogen-bond acceptors (Lipinski definition) is 8. The van der Waals surface area contributed by atoms with E-state index in [4.69, 9.17) is 25.8 Å². The Balaban J connectivity index is 1.15. The average Bonchev–Trinajstić information content (AvgIpc) is 3.12. The fourth-order valence-electron chi connectivity index (χ4n) is 6.12. The molecule has 9 nitrogen and oxygen atoms in total. The van der Waals surface area contributed by atoms with Crippen LogP contribution >= 0.6 is 11.6 Å². The molecule has 10 heteroatoms. The van der Waals surface area contributed by atoms with Crippen LogP contribution in [0, 0.1) is 6.92 Å². The van der Waals surface area contributed by atoms with E-state index in [9.17, 15) is 4.79 Å². The summed E-state index contributed by atoms with van der Waals surface area (Å²) in [5.74, 6) is 0.512. The van der Waals surface area contributed by atoms with Gasteiger partial charge in [-0.2, -0.15) is 0 Å². The first-order valence-corrected chi connectivity index (χ1v) is 16.7. The van der Waals surface area contributed by atoms with Crippen LogP contribution in [0.15, 0.2) is 67.0 Å². The van der Waals surface area contributed by atoms with Gasteiger partial charge in [0.1, 0.15) is 11.4 Å². The number of carbonyl (C=O) groups is 1. The Morgan fingerprint density at radius 1 is 0.894 bits per heavy atom. The molecular weight excluding hydrogens is 614 g/mol. The summed E-state index contributed by atoms with van der Waals surface area (Å²) in [6.45, 7) is 6.57. The van der Waals surface area contributed by atoms with Crippen molar-refractivity contribution in [1.29, 1.82) is 0 Å². The molecule has 246 valence electrons. The molecule has 2 aromatic heterocycles. The van der Waals surface area contributed by atoms with Gasteiger partial charge in [-0.25, -0.2) is 0 Å². The van der Waals surface area contributed by atoms with Gasteiger partial charge in [0.05, 0.1) is 17.8 Å². The van der Waals surface area contributed by atoms with Gasteiger partial charge >= 0.3 is 0 Å². The monoisotopic (exact) mass is 655 g/mol. The van der Waals surface area contributed by atoms with Crippen molar-refractivity contribution in [3.05, 3.63) is 94.4 Å². The number of aromatic nitrogens is 2. The van der Waals surface area contributed by atoms with Crippen LogP contribution in [0.4, 0.5) is 5.69 Å². The molecule has 0 saturated carbocycles. The number of benzene rings is 2. The maximum Gasteiger partial charge on any atom is 0.274 e. The summed E-state index contributed by atoms with van der Waals surface area (Å²) < 4.78 is 16.7. The second kappa shape index (κ2) is 15.8. The summed E-state index contributed by atoms with van der Waals surface area (Å²) in [6, 6.07) is 18.4. The molecule has 2 fully saturated rings. The van der Waals surface area contributed by atoms with E-state index >= 15 is 0 Å². The number of nitrogens with zero attached hydrogens (tertiary/aromatic N) is 2. The molecule has 4 heterocycles. The molecule has 4 aromatic rings. The molecule has 2 saturated heterocycles. The zero-order valence-electron chi connectivity index (χ0n) is 27.0. The summed E-state index contributed by atoms with van der Waals surface area (Å²) in [6.07, 6.45) is 7.56. The topological polar surface area (TPSA) is 107 Å². The van der Waals surface area contributed by atoms with Crippen LogP contribution in [0.1, 0.15) is 52.9 Å². The van der Waals surface area contributed by atoms with Crippen molar-refractivity contribution in [3.8, 4) is 28.1 Å². The molecule has 0 radical (unpaired) electrons. The lowest BCUT2D eigenvalue weighted by Gasteiger charge is -2.23. The van der Waals surface area contributed by atoms with Gasteiger partial charge in [0.15, 0.2) is 0 Å². The molecule has 1 amide bonds. The number of halogens is 1. The minimum absolute atomic E-state index is 0.269. The van der Waals surface area contributed by atoms with Gasteiger partial charge in [-0.1, -0.05) is 41.9 Å². The molecule has 2 aromatic carbocycles. The van der Waals surface area contributed by atoms with Gasteiger partial charge < -0.3 is 30.2 Å². The summed E-state index contributed by atoms with van der Waals surface area (Å²) >= 11 is 7.06. The summed E-state index contributed by atoms with van der Waals surface area (Å²) in [4.78, 5) is 22.3. The third kappa shape index (κ3) is 8.17. The SMILES string of the molecule is COc1cc(-c2nccc(-c3cccc(NC(=O)c4ccc(CNC5CCOCC5)cn4)c3C)c2Cl)ccc1CNC1CCOCC1. The second-order valence-corrected chi connectivity index (χ2v) is 12.4. The number of ether oxygens (including phenoxy) is 3. The molecule has 0 aliphatic carbocycles. The Bertz CT molecular complexity index is 1670. The lowest BCUT2D eigenvalue weighted by molar-refractivity contribution is 0.0774. The minimum atomic E-state index is -0.269. The highest BCUT2D eigenvalue weighted by atomic mass is 35.5. The Hall–Kier alpha value is -3.86. The van der Waals surface area contributed by atoms with Crippen LogP contribution in [0.3, 0.4) is 0 Å². The van der Waals surface area contributed by atoms with Crippen LogP contribution in [-0.4, -0.2) is 61.5 Å². The minimum Gasteiger partial charge on any atom is -0.496 e. The molecule has 2 aliphatic rings. The molecule has 0 unspecified atom stereocenters. The van der Waals surface area contributed by atoms with Crippen molar-refractivity contribution in [3.63, 3.8) is 0 Å². The standard InChI is InChI=1S/C37H42ClN5O4/c1-24-30(4-3-5-32(24)43-37(44)33-9-6-25(22-42-33)21-40-28-11-16-46-17-12-28)31-10-15-39-36(35(31)38)26-7-8-27(34(20-26)45-2)23-41-29-13-18-47-19-14-29/h3-10,15,20,22,28-29,40-41H,11-14,16-19,21,23H2,1-2H3,(H,43,44). The molecular formula is C37H42ClN5O4. The number of methoxy groups -OCH3 is 1. The number of anilines is 1. The first kappa shape index (κ1) is 33.1. The Kier molecular flexibility index (Phi) is 11.1. The van der Waals surface area contributed by atoms with Crippen molar-refractivity contribution < 1.29 is 19.0 Å². The highest BCUT2D eigenvalue weighted by Crippen LogP contribution is 2.39. The molecule has 6 rings (SSSR count). The lowest BCUT2D eigenvalue weighted by Crippen LogP contribution is -2.34. The number of nitrogens with one attached hydrogen (secondary N) is 3. The second-order valence-electron chi connectivity index (χ2n) is 12.1. The normalized spacial score (nSPS) is 15.8. The average molecular weight is 656 g/mol. The lowest BCUT2D eigenvalue weighted by atomic mass is 9.97. The van der Waals surface area contributed by atoms with Crippen LogP contribution in [0.2, 0.25) is 5.02 Å². The first-order chi connectivity index (χ1) is 23.0. The van der Waals surface area contributed by atoms with Crippen LogP contribution in [0.5, 0.6) is 5.75 Å². The van der Waals surface area contributed by atoms with E-state index in [-0.39, 0.29) is 5.91 Å². The van der Waals surface area contributed by atoms with Gasteiger partial charge in [0, 0.05) is 86.4 Å². The van der Waals surface area contributed by atoms with Crippen molar-refractivity contribution in [1.82, 2.24) is 20.6 Å². The number of carbonyl (C=O) groups excluding carboxylic acids is 1. The highest BCUT2D eigenvalue weighted by Gasteiger charge is 2.19. The molecule has 0 bridgehead atoms. The van der Waals surface area contributed by atoms with E-state index in [1.165, 1.54) is 0 Å². The van der Waals surface area contributed by atoms with Crippen molar-refractivity contribution >= 4 is 23.2 Å². The van der Waals surface area contributed by atoms with Gasteiger partial charge in [-0.15, -0.1) is 0 Å². The Labute approximate surface area is 281 Å². The zero-order valence-corrected chi connectivity index (χ0v) is 27.7. The van der Waals surface area contributed by atoms with Crippen LogP contribution in [0.25, 0.3) is 22.4 Å². The number of pyridine rings is 2. The van der Waals surface area contributed by atoms with Gasteiger partial charge in [-0.3, -0.25) is 14.8 Å². The largest absolute Gasteiger partial charge is 0.496 e. The number of hydrogen-bond donors (Lipinski definition) is 3. The summed E-state index contributed by atoms with van der Waals surface area (Å²) in [5, 5.41) is 10.7. The number of amides is 1. The molecule has 0 spiro atoms.